The Bertz CT molecular complexity index is 3680. The van der Waals surface area contributed by atoms with Crippen LogP contribution in [0.15, 0.2) is 127 Å². The van der Waals surface area contributed by atoms with E-state index in [1.54, 1.807) is 82.4 Å². The number of hydrogen-bond acceptors (Lipinski definition) is 24. The smallest absolute Gasteiger partial charge is 0.410 e. The number of rotatable bonds is 23. The fourth-order valence-electron chi connectivity index (χ4n) is 11.2. The van der Waals surface area contributed by atoms with E-state index >= 15 is 0 Å². The standard InChI is InChI=1S/C23H31N3O2S2.C18H23N3S2.C17H25N3O4S.C17H27N3O2S.H4N2.H2O/c1-23(2,3)28-22(27)25(4)10-6-11-26-12-14-30-21-16-17(8-9-19(21)26)15-18(24)20-7-5-13-29-20;1-20-7-3-8-21-9-11-23-18-13-14(5-6-16(18)21)12-15(19)17-4-2-10-22-17;1-17(2,3)24-16(21)18(4)8-5-9-19-10-11-25-15-12-13(20(22)23)6-7-14(15)19;1-17(2,3)22-16(21)19(4)8-5-9-20-10-11-23-15-12-13(18)6-7-14(15)20;1-2;/h5,7-9,13,16,24H,6,10-12,14-15H2,1-4H3;2,4-6,10,13,19-20H,3,7-9,11-12H2,1H3;6-7,12H,5,8-11H2,1-4H3;6-7,12H,5,8-11,18H2,1-4H3;1-2H2;1H2. The molecule has 4 aliphatic heterocycles. The van der Waals surface area contributed by atoms with Crippen molar-refractivity contribution in [1.82, 2.24) is 20.0 Å². The van der Waals surface area contributed by atoms with Crippen LogP contribution in [0.1, 0.15) is 109 Å². The first-order chi connectivity index (χ1) is 48.9. The number of nitro groups is 1. The Hall–Kier alpha value is -6.93. The molecule has 2 aromatic heterocycles. The van der Waals surface area contributed by atoms with Gasteiger partial charge in [-0.2, -0.15) is 0 Å². The average molecular weight is 1550 g/mol. The first kappa shape index (κ1) is 87.7. The van der Waals surface area contributed by atoms with Gasteiger partial charge in [0.2, 0.25) is 0 Å². The number of nitrogen functional groups attached to an aromatic ring is 1. The van der Waals surface area contributed by atoms with E-state index in [1.807, 2.05) is 158 Å². The largest absolute Gasteiger partial charge is 0.444 e. The highest BCUT2D eigenvalue weighted by Gasteiger charge is 2.27. The van der Waals surface area contributed by atoms with Crippen molar-refractivity contribution in [3.8, 4) is 0 Å². The highest BCUT2D eigenvalue weighted by molar-refractivity contribution is 8.00. The average Bonchev–Trinajstić information content (AvgIpc) is 1.26. The van der Waals surface area contributed by atoms with Crippen LogP contribution in [0.5, 0.6) is 0 Å². The van der Waals surface area contributed by atoms with Crippen LogP contribution in [0.4, 0.5) is 48.5 Å². The normalized spacial score (nSPS) is 13.6. The molecule has 0 bridgehead atoms. The predicted octanol–water partition coefficient (Wildman–Crippen LogP) is 14.6. The molecular formula is C75H112N14O9S6. The van der Waals surface area contributed by atoms with E-state index in [0.29, 0.717) is 43.9 Å². The number of benzene rings is 4. The maximum absolute atomic E-state index is 12.1. The van der Waals surface area contributed by atoms with Gasteiger partial charge in [-0.15, -0.1) is 69.7 Å². The van der Waals surface area contributed by atoms with Gasteiger partial charge in [0.15, 0.2) is 0 Å². The Kier molecular flexibility index (Phi) is 36.3. The van der Waals surface area contributed by atoms with Gasteiger partial charge < -0.3 is 75.9 Å². The molecule has 4 aliphatic rings. The first-order valence-electron chi connectivity index (χ1n) is 34.9. The van der Waals surface area contributed by atoms with E-state index in [1.165, 1.54) is 49.3 Å². The summed E-state index contributed by atoms with van der Waals surface area (Å²) >= 11 is 10.6. The minimum atomic E-state index is -0.497. The van der Waals surface area contributed by atoms with Crippen LogP contribution in [0.3, 0.4) is 0 Å². The van der Waals surface area contributed by atoms with Crippen LogP contribution >= 0.6 is 69.7 Å². The van der Waals surface area contributed by atoms with Gasteiger partial charge in [0.25, 0.3) is 5.69 Å². The summed E-state index contributed by atoms with van der Waals surface area (Å²) in [5.41, 5.74) is 14.1. The molecule has 29 heteroatoms. The van der Waals surface area contributed by atoms with Gasteiger partial charge in [0.05, 0.1) is 39.1 Å². The van der Waals surface area contributed by atoms with Gasteiger partial charge in [-0.25, -0.2) is 14.4 Å². The lowest BCUT2D eigenvalue weighted by atomic mass is 10.1. The molecule has 6 heterocycles. The van der Waals surface area contributed by atoms with Crippen LogP contribution in [0, 0.1) is 20.9 Å². The Morgan fingerprint density at radius 1 is 0.519 bits per heavy atom. The third kappa shape index (κ3) is 29.4. The summed E-state index contributed by atoms with van der Waals surface area (Å²) in [6, 6.07) is 32.4. The lowest BCUT2D eigenvalue weighted by Crippen LogP contribution is -2.37. The second-order valence-corrected chi connectivity index (χ2v) is 34.5. The molecule has 0 atom stereocenters. The van der Waals surface area contributed by atoms with Gasteiger partial charge in [0.1, 0.15) is 16.8 Å². The van der Waals surface area contributed by atoms with Crippen molar-refractivity contribution in [2.45, 2.75) is 137 Å². The van der Waals surface area contributed by atoms with Gasteiger partial charge >= 0.3 is 18.3 Å². The number of fused-ring (bicyclic) bond motifs is 4. The first-order valence-corrected chi connectivity index (χ1v) is 40.6. The summed E-state index contributed by atoms with van der Waals surface area (Å²) in [5, 5.41) is 34.8. The molecule has 0 saturated heterocycles. The topological polar surface area (TPSA) is 314 Å². The van der Waals surface area contributed by atoms with Gasteiger partial charge in [-0.05, 0) is 184 Å². The Labute approximate surface area is 641 Å². The minimum absolute atomic E-state index is 0. The number of hydrogen-bond donors (Lipinski definition) is 6. The summed E-state index contributed by atoms with van der Waals surface area (Å²) in [7, 11) is 7.32. The monoisotopic (exact) mass is 1540 g/mol. The van der Waals surface area contributed by atoms with E-state index in [9.17, 15) is 24.5 Å². The maximum Gasteiger partial charge on any atom is 0.410 e. The van der Waals surface area contributed by atoms with E-state index in [0.717, 1.165) is 127 Å². The van der Waals surface area contributed by atoms with E-state index in [-0.39, 0.29) is 34.4 Å². The second kappa shape index (κ2) is 43.0. The number of nitrogens with two attached hydrogens (primary N) is 3. The van der Waals surface area contributed by atoms with E-state index in [4.69, 9.17) is 30.8 Å². The zero-order valence-corrected chi connectivity index (χ0v) is 67.9. The molecule has 10 rings (SSSR count). The molecule has 11 N–H and O–H groups in total. The molecular weight excluding hydrogens is 1430 g/mol. The number of nitrogens with zero attached hydrogens (tertiary/aromatic N) is 8. The third-order valence-electron chi connectivity index (χ3n) is 16.2. The summed E-state index contributed by atoms with van der Waals surface area (Å²) in [6.45, 7) is 27.7. The number of nitro benzene ring substituents is 1. The molecule has 572 valence electrons. The van der Waals surface area contributed by atoms with Gasteiger partial charge in [-0.1, -0.05) is 24.3 Å². The number of thiophene rings is 2. The van der Waals surface area contributed by atoms with Crippen LogP contribution in [0.25, 0.3) is 0 Å². The lowest BCUT2D eigenvalue weighted by molar-refractivity contribution is -0.385. The second-order valence-electron chi connectivity index (χ2n) is 28.1. The number of amides is 3. The molecule has 0 radical (unpaired) electrons. The number of carbonyl (C=O) groups is 3. The molecule has 104 heavy (non-hydrogen) atoms. The SMILES string of the molecule is CN(CCCN1CCSc2cc(CC(=N)c3cccs3)ccc21)C(=O)OC(C)(C)C.CN(CCCN1CCSc2cc(N)ccc21)C(=O)OC(C)(C)C.CN(CCCN1CCSc2cc([N+](=O)[O-])ccc21)C(=O)OC(C)(C)C.CNCCCN1CCSc2cc(CC(=N)c3cccs3)ccc21.NN.O. The van der Waals surface area contributed by atoms with Gasteiger partial charge in [0, 0.05) is 176 Å². The summed E-state index contributed by atoms with van der Waals surface area (Å²) < 4.78 is 16.1. The lowest BCUT2D eigenvalue weighted by Gasteiger charge is -2.32. The molecule has 0 saturated carbocycles. The summed E-state index contributed by atoms with van der Waals surface area (Å²) in [4.78, 5) is 67.9. The van der Waals surface area contributed by atoms with Crippen molar-refractivity contribution < 1.29 is 39.0 Å². The molecule has 0 aliphatic carbocycles. The highest BCUT2D eigenvalue weighted by Crippen LogP contribution is 2.40. The van der Waals surface area contributed by atoms with Crippen LogP contribution in [-0.2, 0) is 27.1 Å². The van der Waals surface area contributed by atoms with Gasteiger partial charge in [-0.3, -0.25) is 21.8 Å². The molecule has 3 amide bonds. The molecule has 0 fully saturated rings. The summed E-state index contributed by atoms with van der Waals surface area (Å²) in [5.74, 6) is 12.2. The fraction of sp³-hybridized carbons (Fsp3) is 0.507. The molecule has 6 aromatic rings. The van der Waals surface area contributed by atoms with Crippen molar-refractivity contribution in [3.63, 3.8) is 0 Å². The number of non-ortho nitro benzene ring substituents is 1. The number of hydrazine groups is 1. The number of nitrogens with one attached hydrogen (secondary N) is 3. The van der Waals surface area contributed by atoms with Crippen molar-refractivity contribution in [2.75, 3.05) is 155 Å². The molecule has 0 spiro atoms. The summed E-state index contributed by atoms with van der Waals surface area (Å²) in [6.07, 6.45) is 4.30. The number of thioether (sulfide) groups is 4. The number of anilines is 5. The zero-order valence-electron chi connectivity index (χ0n) is 63.0. The van der Waals surface area contributed by atoms with E-state index < -0.39 is 16.8 Å². The van der Waals surface area contributed by atoms with Crippen LogP contribution in [0.2, 0.25) is 0 Å². The number of ether oxygens (including phenoxy) is 3. The van der Waals surface area contributed by atoms with Crippen LogP contribution in [-0.4, -0.2) is 201 Å². The van der Waals surface area contributed by atoms with E-state index in [2.05, 4.69) is 79.1 Å². The van der Waals surface area contributed by atoms with Crippen LogP contribution < -0.4 is 42.3 Å². The Morgan fingerprint density at radius 2 is 0.846 bits per heavy atom. The number of carbonyl (C=O) groups excluding carboxylic acids is 3. The Balaban J connectivity index is 0.000000248. The minimum Gasteiger partial charge on any atom is -0.444 e. The fourth-order valence-corrected chi connectivity index (χ4v) is 16.9. The van der Waals surface area contributed by atoms with Crippen molar-refractivity contribution >= 4 is 134 Å². The van der Waals surface area contributed by atoms with Crippen molar-refractivity contribution in [3.05, 3.63) is 139 Å². The molecule has 4 aromatic carbocycles. The predicted molar refractivity (Wildman–Crippen MR) is 439 cm³/mol. The molecule has 23 nitrogen and oxygen atoms in total. The van der Waals surface area contributed by atoms with Crippen molar-refractivity contribution in [2.24, 2.45) is 11.7 Å². The quantitative estimate of drug-likeness (QED) is 0.00660. The maximum atomic E-state index is 12.1. The highest BCUT2D eigenvalue weighted by atomic mass is 32.2. The third-order valence-corrected chi connectivity index (χ3v) is 22.1. The van der Waals surface area contributed by atoms with Crippen molar-refractivity contribution in [1.29, 1.82) is 10.8 Å². The molecule has 0 unspecified atom stereocenters. The Morgan fingerprint density at radius 3 is 1.17 bits per heavy atom. The zero-order chi connectivity index (χ0) is 75.4.